The fourth-order valence-electron chi connectivity index (χ4n) is 3.96. The predicted molar refractivity (Wildman–Crippen MR) is 104 cm³/mol. The van der Waals surface area contributed by atoms with Crippen LogP contribution < -0.4 is 10.6 Å². The lowest BCUT2D eigenvalue weighted by Gasteiger charge is -2.48. The van der Waals surface area contributed by atoms with Crippen LogP contribution in [0.25, 0.3) is 0 Å². The first-order chi connectivity index (χ1) is 12.2. The topological polar surface area (TPSA) is 70.4 Å². The van der Waals surface area contributed by atoms with E-state index in [4.69, 9.17) is 0 Å². The molecule has 0 radical (unpaired) electrons. The van der Waals surface area contributed by atoms with E-state index in [9.17, 15) is 0 Å². The minimum Gasteiger partial charge on any atom is -0.355 e. The van der Waals surface area contributed by atoms with Gasteiger partial charge in [0.2, 0.25) is 0 Å². The van der Waals surface area contributed by atoms with Crippen molar-refractivity contribution in [3.05, 3.63) is 12.2 Å². The first-order valence-corrected chi connectivity index (χ1v) is 10.5. The van der Waals surface area contributed by atoms with Crippen LogP contribution in [0, 0.1) is 0 Å². The molecule has 3 rings (SSSR count). The van der Waals surface area contributed by atoms with Gasteiger partial charge in [-0.1, -0.05) is 19.3 Å². The zero-order valence-corrected chi connectivity index (χ0v) is 16.3. The third-order valence-electron chi connectivity index (χ3n) is 5.49. The van der Waals surface area contributed by atoms with Crippen molar-refractivity contribution < 1.29 is 0 Å². The summed E-state index contributed by atoms with van der Waals surface area (Å²) in [5.74, 6) is 4.28. The molecule has 0 amide bonds. The van der Waals surface area contributed by atoms with Gasteiger partial charge in [-0.15, -0.1) is 0 Å². The summed E-state index contributed by atoms with van der Waals surface area (Å²) in [6.45, 7) is 4.04. The van der Waals surface area contributed by atoms with Crippen molar-refractivity contribution in [1.29, 1.82) is 0 Å². The Bertz CT molecular complexity index is 559. The quantitative estimate of drug-likeness (QED) is 0.604. The molecule has 0 aromatic carbocycles. The Morgan fingerprint density at radius 2 is 2.00 bits per heavy atom. The summed E-state index contributed by atoms with van der Waals surface area (Å²) >= 11 is 2.08. The van der Waals surface area contributed by atoms with E-state index in [0.29, 0.717) is 12.1 Å². The van der Waals surface area contributed by atoms with Crippen LogP contribution in [0.15, 0.2) is 11.3 Å². The average molecular weight is 366 g/mol. The van der Waals surface area contributed by atoms with Gasteiger partial charge < -0.3 is 10.6 Å². The molecule has 8 heteroatoms. The molecule has 0 atom stereocenters. The van der Waals surface area contributed by atoms with E-state index in [-0.39, 0.29) is 0 Å². The fraction of sp³-hybridized carbons (Fsp3) is 0.824. The Morgan fingerprint density at radius 1 is 1.24 bits per heavy atom. The number of aryl methyl sites for hydroxylation is 1. The predicted octanol–water partition coefficient (Wildman–Crippen LogP) is 1.23. The van der Waals surface area contributed by atoms with Gasteiger partial charge in [0, 0.05) is 50.8 Å². The summed E-state index contributed by atoms with van der Waals surface area (Å²) in [5, 5.41) is 11.1. The summed E-state index contributed by atoms with van der Waals surface area (Å²) in [6.07, 6.45) is 8.24. The largest absolute Gasteiger partial charge is 0.355 e. The van der Waals surface area contributed by atoms with Crippen molar-refractivity contribution >= 4 is 17.7 Å². The molecule has 0 spiro atoms. The Hall–Kier alpha value is -1.28. The molecule has 2 fully saturated rings. The second kappa shape index (κ2) is 8.89. The number of aromatic nitrogens is 3. The fourth-order valence-corrected chi connectivity index (χ4v) is 4.87. The second-order valence-electron chi connectivity index (χ2n) is 6.96. The number of guanidine groups is 1. The second-order valence-corrected chi connectivity index (χ2v) is 8.19. The van der Waals surface area contributed by atoms with Gasteiger partial charge in [-0.2, -0.15) is 16.9 Å². The summed E-state index contributed by atoms with van der Waals surface area (Å²) in [6, 6.07) is 0. The zero-order valence-electron chi connectivity index (χ0n) is 15.5. The minimum atomic E-state index is 0.293. The monoisotopic (exact) mass is 365 g/mol. The average Bonchev–Trinajstić information content (AvgIpc) is 3.08. The molecule has 2 aliphatic rings. The molecule has 1 aromatic rings. The van der Waals surface area contributed by atoms with Crippen LogP contribution in [0.2, 0.25) is 0 Å². The summed E-state index contributed by atoms with van der Waals surface area (Å²) in [7, 11) is 3.74. The van der Waals surface area contributed by atoms with E-state index >= 15 is 0 Å². The maximum Gasteiger partial charge on any atom is 0.191 e. The molecule has 2 N–H and O–H groups in total. The highest BCUT2D eigenvalue weighted by Crippen LogP contribution is 2.34. The van der Waals surface area contributed by atoms with Gasteiger partial charge in [0.15, 0.2) is 5.96 Å². The first-order valence-electron chi connectivity index (χ1n) is 9.34. The number of hydrogen-bond acceptors (Lipinski definition) is 5. The van der Waals surface area contributed by atoms with Gasteiger partial charge in [0.1, 0.15) is 12.2 Å². The van der Waals surface area contributed by atoms with Crippen molar-refractivity contribution in [2.24, 2.45) is 12.0 Å². The molecule has 1 saturated carbocycles. The maximum absolute atomic E-state index is 4.39. The lowest BCUT2D eigenvalue weighted by Crippen LogP contribution is -2.59. The highest BCUT2D eigenvalue weighted by atomic mass is 32.2. The molecule has 140 valence electrons. The Kier molecular flexibility index (Phi) is 6.58. The molecule has 1 aliphatic carbocycles. The first kappa shape index (κ1) is 18.5. The normalized spacial score (nSPS) is 21.9. The van der Waals surface area contributed by atoms with Gasteiger partial charge >= 0.3 is 0 Å². The number of aliphatic imine (C=N–C) groups is 1. The van der Waals surface area contributed by atoms with E-state index in [2.05, 4.69) is 42.4 Å². The van der Waals surface area contributed by atoms with E-state index in [1.54, 1.807) is 11.0 Å². The molecular weight excluding hydrogens is 334 g/mol. The van der Waals surface area contributed by atoms with Crippen molar-refractivity contribution in [1.82, 2.24) is 30.3 Å². The van der Waals surface area contributed by atoms with Crippen LogP contribution in [0.5, 0.6) is 0 Å². The highest BCUT2D eigenvalue weighted by Gasteiger charge is 2.38. The molecule has 25 heavy (non-hydrogen) atoms. The Labute approximate surface area is 155 Å². The molecule has 2 heterocycles. The van der Waals surface area contributed by atoms with Crippen LogP contribution in [0.4, 0.5) is 0 Å². The van der Waals surface area contributed by atoms with Crippen LogP contribution >= 0.6 is 11.8 Å². The molecule has 7 nitrogen and oxygen atoms in total. The third kappa shape index (κ3) is 4.67. The maximum atomic E-state index is 4.39. The third-order valence-corrected chi connectivity index (χ3v) is 6.44. The SMILES string of the molecule is CN=C(NCc1ncnn1C)NCC1(N2CCSCC2)CCCCC1. The number of rotatable bonds is 5. The lowest BCUT2D eigenvalue weighted by atomic mass is 9.80. The van der Waals surface area contributed by atoms with Crippen LogP contribution in [0.1, 0.15) is 37.9 Å². The molecule has 0 bridgehead atoms. The Morgan fingerprint density at radius 3 is 2.64 bits per heavy atom. The molecular formula is C17H31N7S. The van der Waals surface area contributed by atoms with Gasteiger partial charge in [-0.05, 0) is 12.8 Å². The summed E-state index contributed by atoms with van der Waals surface area (Å²) < 4.78 is 1.79. The van der Waals surface area contributed by atoms with E-state index in [1.165, 1.54) is 56.7 Å². The summed E-state index contributed by atoms with van der Waals surface area (Å²) in [4.78, 5) is 11.4. The number of thioether (sulfide) groups is 1. The van der Waals surface area contributed by atoms with Gasteiger partial charge in [0.25, 0.3) is 0 Å². The van der Waals surface area contributed by atoms with Gasteiger partial charge in [-0.25, -0.2) is 4.98 Å². The zero-order chi connectivity index (χ0) is 17.5. The standard InChI is InChI=1S/C17H31N7S/c1-18-16(19-12-15-21-14-22-23(15)2)20-13-17(6-4-3-5-7-17)24-8-10-25-11-9-24/h14H,3-13H2,1-2H3,(H2,18,19,20). The van der Waals surface area contributed by atoms with Crippen molar-refractivity contribution in [2.45, 2.75) is 44.2 Å². The summed E-state index contributed by atoms with van der Waals surface area (Å²) in [5.41, 5.74) is 0.293. The Balaban J connectivity index is 1.58. The lowest BCUT2D eigenvalue weighted by molar-refractivity contribution is 0.0626. The van der Waals surface area contributed by atoms with Gasteiger partial charge in [-0.3, -0.25) is 14.6 Å². The van der Waals surface area contributed by atoms with E-state index in [1.807, 2.05) is 14.1 Å². The molecule has 1 aromatic heterocycles. The van der Waals surface area contributed by atoms with Crippen molar-refractivity contribution in [2.75, 3.05) is 38.2 Å². The van der Waals surface area contributed by atoms with Crippen molar-refractivity contribution in [3.8, 4) is 0 Å². The van der Waals surface area contributed by atoms with Crippen LogP contribution in [0.3, 0.4) is 0 Å². The number of nitrogens with zero attached hydrogens (tertiary/aromatic N) is 5. The number of nitrogens with one attached hydrogen (secondary N) is 2. The smallest absolute Gasteiger partial charge is 0.191 e. The van der Waals surface area contributed by atoms with E-state index < -0.39 is 0 Å². The molecule has 1 aliphatic heterocycles. The van der Waals surface area contributed by atoms with E-state index in [0.717, 1.165) is 18.3 Å². The van der Waals surface area contributed by atoms with Crippen LogP contribution in [-0.2, 0) is 13.6 Å². The minimum absolute atomic E-state index is 0.293. The van der Waals surface area contributed by atoms with Crippen molar-refractivity contribution in [3.63, 3.8) is 0 Å². The van der Waals surface area contributed by atoms with Crippen LogP contribution in [-0.4, -0.2) is 69.4 Å². The van der Waals surface area contributed by atoms with Gasteiger partial charge in [0.05, 0.1) is 6.54 Å². The highest BCUT2D eigenvalue weighted by molar-refractivity contribution is 7.99. The molecule has 0 unspecified atom stereocenters. The number of hydrogen-bond donors (Lipinski definition) is 2. The molecule has 1 saturated heterocycles.